The molecule has 3 atom stereocenters. The van der Waals surface area contributed by atoms with Gasteiger partial charge < -0.3 is 36.1 Å². The van der Waals surface area contributed by atoms with Crippen LogP contribution in [0, 0.1) is 11.3 Å². The van der Waals surface area contributed by atoms with Gasteiger partial charge in [0.1, 0.15) is 5.54 Å². The van der Waals surface area contributed by atoms with Gasteiger partial charge in [0.2, 0.25) is 0 Å². The molecule has 2 rings (SSSR count). The SMILES string of the molecule is CN(CCN)S(=O)(=O)N1C[C@H](CCCB2OCC(CC(=O)O)(C(=O)O)C(=O)O2)[C@](N)(C(=O)O)C1. The van der Waals surface area contributed by atoms with Crippen molar-refractivity contribution in [2.24, 2.45) is 22.8 Å². The molecule has 2 fully saturated rings. The lowest BCUT2D eigenvalue weighted by Gasteiger charge is -2.33. The molecule has 17 heteroatoms. The quantitative estimate of drug-likeness (QED) is 0.133. The summed E-state index contributed by atoms with van der Waals surface area (Å²) in [6.45, 7) is -1.16. The predicted octanol–water partition coefficient (Wildman–Crippen LogP) is -2.78. The van der Waals surface area contributed by atoms with E-state index in [2.05, 4.69) is 0 Å². The van der Waals surface area contributed by atoms with E-state index in [1.807, 2.05) is 0 Å². The molecule has 2 aliphatic rings. The highest BCUT2D eigenvalue weighted by molar-refractivity contribution is 7.86. The standard InChI is InChI=1S/C17H29BN4O11S/c1-21(6-5-19)34(30,31)22-8-11(17(20,9-22)14(27)28)3-2-4-18-32-10-16(13(25)26,7-12(23)24)15(29)33-18/h11H,2-10,19-20H2,1H3,(H,23,24)(H,25,26)(H,27,28)/t11-,16?,17-/m0/s1. The molecule has 2 saturated heterocycles. The van der Waals surface area contributed by atoms with E-state index in [-0.39, 0.29) is 38.8 Å². The molecule has 0 aromatic rings. The average molecular weight is 508 g/mol. The lowest BCUT2D eigenvalue weighted by atomic mass is 9.74. The maximum atomic E-state index is 12.7. The van der Waals surface area contributed by atoms with E-state index < -0.39 is 77.6 Å². The van der Waals surface area contributed by atoms with Crippen molar-refractivity contribution in [2.75, 3.05) is 39.8 Å². The number of hydrogen-bond donors (Lipinski definition) is 5. The summed E-state index contributed by atoms with van der Waals surface area (Å²) in [6, 6.07) is 0. The number of aliphatic carboxylic acids is 3. The summed E-state index contributed by atoms with van der Waals surface area (Å²) in [6.07, 6.45) is -0.611. The van der Waals surface area contributed by atoms with Crippen LogP contribution in [-0.4, -0.2) is 109 Å². The second kappa shape index (κ2) is 10.5. The Morgan fingerprint density at radius 1 is 1.26 bits per heavy atom. The molecular weight excluding hydrogens is 479 g/mol. The number of carboxylic acids is 3. The number of carboxylic acid groups (broad SMARTS) is 3. The van der Waals surface area contributed by atoms with Gasteiger partial charge in [-0.2, -0.15) is 17.0 Å². The first kappa shape index (κ1) is 27.9. The van der Waals surface area contributed by atoms with Crippen LogP contribution in [0.1, 0.15) is 19.3 Å². The van der Waals surface area contributed by atoms with E-state index in [1.165, 1.54) is 7.05 Å². The molecular formula is C17H29BN4O11S. The van der Waals surface area contributed by atoms with Crippen LogP contribution in [0.3, 0.4) is 0 Å². The number of carbonyl (C=O) groups excluding carboxylic acids is 1. The van der Waals surface area contributed by atoms with Crippen molar-refractivity contribution < 1.29 is 52.2 Å². The Morgan fingerprint density at radius 2 is 1.91 bits per heavy atom. The fraction of sp³-hybridized carbons (Fsp3) is 0.765. The van der Waals surface area contributed by atoms with E-state index in [1.54, 1.807) is 0 Å². The summed E-state index contributed by atoms with van der Waals surface area (Å²) >= 11 is 0. The zero-order valence-electron chi connectivity index (χ0n) is 18.6. The Morgan fingerprint density at radius 3 is 2.41 bits per heavy atom. The average Bonchev–Trinajstić information content (AvgIpc) is 3.08. The molecule has 0 radical (unpaired) electrons. The van der Waals surface area contributed by atoms with Gasteiger partial charge in [-0.05, 0) is 12.7 Å². The van der Waals surface area contributed by atoms with Crippen molar-refractivity contribution >= 4 is 41.2 Å². The van der Waals surface area contributed by atoms with Gasteiger partial charge in [0.25, 0.3) is 10.2 Å². The van der Waals surface area contributed by atoms with Crippen LogP contribution in [0.4, 0.5) is 0 Å². The topological polar surface area (TPSA) is 240 Å². The predicted molar refractivity (Wildman–Crippen MR) is 114 cm³/mol. The molecule has 0 amide bonds. The van der Waals surface area contributed by atoms with Gasteiger partial charge >= 0.3 is 31.0 Å². The third kappa shape index (κ3) is 5.50. The number of carbonyl (C=O) groups is 4. The van der Waals surface area contributed by atoms with Crippen LogP contribution in [0.15, 0.2) is 0 Å². The highest BCUT2D eigenvalue weighted by Gasteiger charge is 2.55. The summed E-state index contributed by atoms with van der Waals surface area (Å²) in [5.41, 5.74) is 7.28. The number of hydrogen-bond acceptors (Lipinski definition) is 10. The molecule has 0 saturated carbocycles. The second-order valence-electron chi connectivity index (χ2n) is 8.49. The van der Waals surface area contributed by atoms with E-state index in [9.17, 15) is 37.8 Å². The molecule has 0 spiro atoms. The Labute approximate surface area is 196 Å². The summed E-state index contributed by atoms with van der Waals surface area (Å²) in [4.78, 5) is 46.6. The maximum absolute atomic E-state index is 12.7. The zero-order chi connectivity index (χ0) is 25.9. The molecule has 1 unspecified atom stereocenters. The second-order valence-corrected chi connectivity index (χ2v) is 10.5. The largest absolute Gasteiger partial charge is 0.527 e. The van der Waals surface area contributed by atoms with Crippen molar-refractivity contribution in [1.82, 2.24) is 8.61 Å². The van der Waals surface area contributed by atoms with Gasteiger partial charge in [-0.25, -0.2) is 0 Å². The van der Waals surface area contributed by atoms with Gasteiger partial charge in [0, 0.05) is 39.1 Å². The number of rotatable bonds is 12. The fourth-order valence-corrected chi connectivity index (χ4v) is 5.47. The molecule has 0 aliphatic carbocycles. The number of nitrogens with zero attached hydrogens (tertiary/aromatic N) is 2. The van der Waals surface area contributed by atoms with Gasteiger partial charge in [0.05, 0.1) is 13.0 Å². The lowest BCUT2D eigenvalue weighted by molar-refractivity contribution is -0.176. The molecule has 34 heavy (non-hydrogen) atoms. The van der Waals surface area contributed by atoms with Crippen LogP contribution in [-0.2, 0) is 38.7 Å². The minimum absolute atomic E-state index is 0.0399. The zero-order valence-corrected chi connectivity index (χ0v) is 19.4. The summed E-state index contributed by atoms with van der Waals surface area (Å²) in [5, 5.41) is 27.9. The van der Waals surface area contributed by atoms with Gasteiger partial charge in [-0.15, -0.1) is 0 Å². The molecule has 2 aliphatic heterocycles. The van der Waals surface area contributed by atoms with Gasteiger partial charge in [-0.3, -0.25) is 19.2 Å². The Kier molecular flexibility index (Phi) is 8.65. The Hall–Kier alpha value is -2.31. The van der Waals surface area contributed by atoms with Crippen molar-refractivity contribution in [3.05, 3.63) is 0 Å². The first-order valence-corrected chi connectivity index (χ1v) is 11.8. The first-order valence-electron chi connectivity index (χ1n) is 10.4. The van der Waals surface area contributed by atoms with E-state index >= 15 is 0 Å². The van der Waals surface area contributed by atoms with Crippen molar-refractivity contribution in [2.45, 2.75) is 31.1 Å². The molecule has 0 bridgehead atoms. The molecule has 15 nitrogen and oxygen atoms in total. The molecule has 192 valence electrons. The van der Waals surface area contributed by atoms with Crippen molar-refractivity contribution in [3.8, 4) is 0 Å². The van der Waals surface area contributed by atoms with Crippen LogP contribution in [0.5, 0.6) is 0 Å². The minimum Gasteiger partial charge on any atom is -0.509 e. The molecule has 0 aromatic carbocycles. The summed E-state index contributed by atoms with van der Waals surface area (Å²) in [7, 11) is -3.82. The highest BCUT2D eigenvalue weighted by atomic mass is 32.2. The van der Waals surface area contributed by atoms with E-state index in [4.69, 9.17) is 25.9 Å². The third-order valence-corrected chi connectivity index (χ3v) is 8.05. The van der Waals surface area contributed by atoms with E-state index in [0.717, 1.165) is 8.61 Å². The van der Waals surface area contributed by atoms with E-state index in [0.29, 0.717) is 0 Å². The third-order valence-electron chi connectivity index (χ3n) is 6.15. The normalized spacial score (nSPS) is 28.2. The van der Waals surface area contributed by atoms with Gasteiger partial charge in [0.15, 0.2) is 5.41 Å². The Bertz CT molecular complexity index is 934. The van der Waals surface area contributed by atoms with Crippen LogP contribution in [0.2, 0.25) is 6.32 Å². The summed E-state index contributed by atoms with van der Waals surface area (Å²) < 4.78 is 37.7. The van der Waals surface area contributed by atoms with Crippen LogP contribution in [0.25, 0.3) is 0 Å². The lowest BCUT2D eigenvalue weighted by Crippen LogP contribution is -2.55. The monoisotopic (exact) mass is 508 g/mol. The Balaban J connectivity index is 2.02. The minimum atomic E-state index is -3.98. The number of nitrogens with two attached hydrogens (primary N) is 2. The summed E-state index contributed by atoms with van der Waals surface area (Å²) in [5.74, 6) is -6.56. The smallest absolute Gasteiger partial charge is 0.509 e. The van der Waals surface area contributed by atoms with Crippen molar-refractivity contribution in [1.29, 1.82) is 0 Å². The molecule has 0 aromatic heterocycles. The molecule has 2 heterocycles. The number of likely N-dealkylation sites (N-methyl/N-ethyl adjacent to an activating group) is 1. The first-order chi connectivity index (χ1) is 15.7. The van der Waals surface area contributed by atoms with Crippen molar-refractivity contribution in [3.63, 3.8) is 0 Å². The van der Waals surface area contributed by atoms with Crippen LogP contribution >= 0.6 is 0 Å². The maximum Gasteiger partial charge on any atom is 0.527 e. The van der Waals surface area contributed by atoms with Gasteiger partial charge in [-0.1, -0.05) is 6.42 Å². The highest BCUT2D eigenvalue weighted by Crippen LogP contribution is 2.34. The fourth-order valence-electron chi connectivity index (χ4n) is 3.99. The molecule has 7 N–H and O–H groups in total. The van der Waals surface area contributed by atoms with Crippen LogP contribution < -0.4 is 11.5 Å².